The number of halogens is 1. The summed E-state index contributed by atoms with van der Waals surface area (Å²) in [5.41, 5.74) is 2.79. The first-order chi connectivity index (χ1) is 14.3. The molecular formula is C21H20ClN3O3S2. The Balaban J connectivity index is 1.46. The van der Waals surface area contributed by atoms with Gasteiger partial charge in [-0.05, 0) is 43.7 Å². The Morgan fingerprint density at radius 3 is 2.70 bits per heavy atom. The molecule has 1 saturated heterocycles. The van der Waals surface area contributed by atoms with Gasteiger partial charge in [0.25, 0.3) is 5.91 Å². The van der Waals surface area contributed by atoms with Crippen LogP contribution in [-0.4, -0.2) is 31.6 Å². The molecule has 156 valence electrons. The third-order valence-corrected chi connectivity index (χ3v) is 7.95. The van der Waals surface area contributed by atoms with Crippen molar-refractivity contribution < 1.29 is 13.2 Å². The topological polar surface area (TPSA) is 79.4 Å². The summed E-state index contributed by atoms with van der Waals surface area (Å²) in [7, 11) is -3.28. The van der Waals surface area contributed by atoms with E-state index in [-0.39, 0.29) is 11.7 Å². The van der Waals surface area contributed by atoms with Crippen LogP contribution >= 0.6 is 22.9 Å². The first-order valence-corrected chi connectivity index (χ1v) is 12.2. The third-order valence-electron chi connectivity index (χ3n) is 4.85. The predicted molar refractivity (Wildman–Crippen MR) is 121 cm³/mol. The van der Waals surface area contributed by atoms with E-state index in [4.69, 9.17) is 11.6 Å². The van der Waals surface area contributed by atoms with Crippen molar-refractivity contribution in [2.75, 3.05) is 16.6 Å². The molecule has 9 heteroatoms. The lowest BCUT2D eigenvalue weighted by molar-refractivity contribution is 0.0951. The Labute approximate surface area is 184 Å². The van der Waals surface area contributed by atoms with Crippen LogP contribution in [0.25, 0.3) is 11.3 Å². The highest BCUT2D eigenvalue weighted by atomic mass is 35.5. The van der Waals surface area contributed by atoms with Gasteiger partial charge in [0.1, 0.15) is 5.01 Å². The van der Waals surface area contributed by atoms with Crippen LogP contribution in [0, 0.1) is 6.92 Å². The molecule has 1 aliphatic rings. The molecule has 4 rings (SSSR count). The molecule has 2 aromatic carbocycles. The molecule has 3 aromatic rings. The van der Waals surface area contributed by atoms with Gasteiger partial charge in [0.2, 0.25) is 10.0 Å². The van der Waals surface area contributed by atoms with Crippen LogP contribution in [0.1, 0.15) is 26.7 Å². The summed E-state index contributed by atoms with van der Waals surface area (Å²) < 4.78 is 25.6. The van der Waals surface area contributed by atoms with Crippen molar-refractivity contribution in [3.05, 3.63) is 69.0 Å². The number of benzene rings is 2. The second-order valence-corrected chi connectivity index (χ2v) is 10.7. The number of nitrogens with one attached hydrogen (secondary N) is 1. The number of rotatable bonds is 5. The lowest BCUT2D eigenvalue weighted by Gasteiger charge is -2.17. The zero-order valence-corrected chi connectivity index (χ0v) is 18.6. The third kappa shape index (κ3) is 4.35. The van der Waals surface area contributed by atoms with Gasteiger partial charge in [0.15, 0.2) is 0 Å². The minimum absolute atomic E-state index is 0.142. The fourth-order valence-electron chi connectivity index (χ4n) is 3.39. The largest absolute Gasteiger partial charge is 0.346 e. The van der Waals surface area contributed by atoms with E-state index in [1.54, 1.807) is 24.3 Å². The summed E-state index contributed by atoms with van der Waals surface area (Å²) in [6.07, 6.45) is 0.595. The molecule has 0 radical (unpaired) electrons. The van der Waals surface area contributed by atoms with E-state index in [0.29, 0.717) is 35.8 Å². The van der Waals surface area contributed by atoms with Crippen LogP contribution < -0.4 is 9.62 Å². The van der Waals surface area contributed by atoms with Gasteiger partial charge >= 0.3 is 0 Å². The maximum atomic E-state index is 12.6. The number of hydrogen-bond donors (Lipinski definition) is 1. The fourth-order valence-corrected chi connectivity index (χ4v) is 5.97. The molecule has 2 heterocycles. The van der Waals surface area contributed by atoms with Gasteiger partial charge in [0.05, 0.1) is 23.7 Å². The van der Waals surface area contributed by atoms with Crippen molar-refractivity contribution in [2.24, 2.45) is 0 Å². The second-order valence-electron chi connectivity index (χ2n) is 6.99. The van der Waals surface area contributed by atoms with E-state index in [1.165, 1.54) is 15.6 Å². The van der Waals surface area contributed by atoms with Crippen molar-refractivity contribution in [3.8, 4) is 11.3 Å². The molecular weight excluding hydrogens is 442 g/mol. The van der Waals surface area contributed by atoms with Crippen LogP contribution in [0.4, 0.5) is 5.69 Å². The number of nitrogens with zero attached hydrogens (tertiary/aromatic N) is 2. The van der Waals surface area contributed by atoms with Gasteiger partial charge in [-0.25, -0.2) is 13.4 Å². The molecule has 0 unspecified atom stereocenters. The number of thiazole rings is 1. The molecule has 30 heavy (non-hydrogen) atoms. The summed E-state index contributed by atoms with van der Waals surface area (Å²) in [6, 6.07) is 14.2. The molecule has 0 aliphatic carbocycles. The highest BCUT2D eigenvalue weighted by Gasteiger charge is 2.28. The highest BCUT2D eigenvalue weighted by molar-refractivity contribution is 7.93. The van der Waals surface area contributed by atoms with Crippen molar-refractivity contribution in [1.29, 1.82) is 0 Å². The number of aryl methyl sites for hydroxylation is 1. The first-order valence-electron chi connectivity index (χ1n) is 9.44. The van der Waals surface area contributed by atoms with Gasteiger partial charge in [-0.3, -0.25) is 9.10 Å². The number of hydrogen-bond acceptors (Lipinski definition) is 5. The SMILES string of the molecule is Cc1sc(CNC(=O)c2cccc(N3CCCS3(=O)=O)c2)nc1-c1ccc(Cl)cc1. The molecule has 1 fully saturated rings. The quantitative estimate of drug-likeness (QED) is 0.616. The van der Waals surface area contributed by atoms with Crippen LogP contribution in [0.2, 0.25) is 5.02 Å². The average molecular weight is 462 g/mol. The fraction of sp³-hybridized carbons (Fsp3) is 0.238. The Morgan fingerprint density at radius 1 is 1.23 bits per heavy atom. The molecule has 0 bridgehead atoms. The summed E-state index contributed by atoms with van der Waals surface area (Å²) in [6.45, 7) is 2.73. The Morgan fingerprint density at radius 2 is 2.00 bits per heavy atom. The maximum absolute atomic E-state index is 12.6. The molecule has 1 aromatic heterocycles. The van der Waals surface area contributed by atoms with Gasteiger partial charge in [-0.1, -0.05) is 29.8 Å². The van der Waals surface area contributed by atoms with Crippen LogP contribution in [-0.2, 0) is 16.6 Å². The smallest absolute Gasteiger partial charge is 0.251 e. The second kappa shape index (κ2) is 8.37. The van der Waals surface area contributed by atoms with Crippen molar-refractivity contribution in [1.82, 2.24) is 10.3 Å². The Hall–Kier alpha value is -2.42. The van der Waals surface area contributed by atoms with E-state index >= 15 is 0 Å². The zero-order valence-electron chi connectivity index (χ0n) is 16.3. The molecule has 1 amide bonds. The first kappa shape index (κ1) is 20.8. The van der Waals surface area contributed by atoms with Gasteiger partial charge in [-0.2, -0.15) is 0 Å². The minimum atomic E-state index is -3.28. The number of carbonyl (C=O) groups is 1. The van der Waals surface area contributed by atoms with Crippen molar-refractivity contribution in [3.63, 3.8) is 0 Å². The molecule has 1 aliphatic heterocycles. The van der Waals surface area contributed by atoms with Gasteiger partial charge < -0.3 is 5.32 Å². The average Bonchev–Trinajstić information content (AvgIpc) is 3.28. The van der Waals surface area contributed by atoms with E-state index in [2.05, 4.69) is 10.3 Å². The van der Waals surface area contributed by atoms with Crippen LogP contribution in [0.5, 0.6) is 0 Å². The number of carbonyl (C=O) groups excluding carboxylic acids is 1. The van der Waals surface area contributed by atoms with Crippen LogP contribution in [0.3, 0.4) is 0 Å². The molecule has 0 saturated carbocycles. The van der Waals surface area contributed by atoms with Crippen LogP contribution in [0.15, 0.2) is 48.5 Å². The van der Waals surface area contributed by atoms with E-state index in [0.717, 1.165) is 21.1 Å². The summed E-state index contributed by atoms with van der Waals surface area (Å²) >= 11 is 7.48. The maximum Gasteiger partial charge on any atom is 0.251 e. The summed E-state index contributed by atoms with van der Waals surface area (Å²) in [4.78, 5) is 18.3. The van der Waals surface area contributed by atoms with Crippen molar-refractivity contribution in [2.45, 2.75) is 19.9 Å². The number of anilines is 1. The van der Waals surface area contributed by atoms with E-state index in [9.17, 15) is 13.2 Å². The molecule has 0 atom stereocenters. The lowest BCUT2D eigenvalue weighted by atomic mass is 10.1. The van der Waals surface area contributed by atoms with Gasteiger partial charge in [0, 0.05) is 27.6 Å². The number of amides is 1. The summed E-state index contributed by atoms with van der Waals surface area (Å²) in [5, 5.41) is 4.34. The van der Waals surface area contributed by atoms with E-state index in [1.807, 2.05) is 31.2 Å². The predicted octanol–water partition coefficient (Wildman–Crippen LogP) is 4.24. The molecule has 1 N–H and O–H groups in total. The normalized spacial score (nSPS) is 15.3. The molecule has 0 spiro atoms. The molecule has 6 nitrogen and oxygen atoms in total. The zero-order chi connectivity index (χ0) is 21.3. The standard InChI is InChI=1S/C21H20ClN3O3S2/c1-14-20(15-6-8-17(22)9-7-15)24-19(29-14)13-23-21(26)16-4-2-5-18(12-16)25-10-3-11-30(25,27)28/h2,4-9,12H,3,10-11,13H2,1H3,(H,23,26). The monoisotopic (exact) mass is 461 g/mol. The number of aromatic nitrogens is 1. The Bertz CT molecular complexity index is 1190. The lowest BCUT2D eigenvalue weighted by Crippen LogP contribution is -2.26. The minimum Gasteiger partial charge on any atom is -0.346 e. The van der Waals surface area contributed by atoms with Gasteiger partial charge in [-0.15, -0.1) is 11.3 Å². The summed E-state index contributed by atoms with van der Waals surface area (Å²) in [5.74, 6) is -0.127. The highest BCUT2D eigenvalue weighted by Crippen LogP contribution is 2.29. The van der Waals surface area contributed by atoms with E-state index < -0.39 is 10.0 Å². The van der Waals surface area contributed by atoms with Crippen molar-refractivity contribution >= 4 is 44.6 Å². The number of sulfonamides is 1. The Kier molecular flexibility index (Phi) is 5.81.